The molecule has 0 saturated heterocycles. The van der Waals surface area contributed by atoms with Gasteiger partial charge in [-0.2, -0.15) is 0 Å². The van der Waals surface area contributed by atoms with Gasteiger partial charge in [0.1, 0.15) is 0 Å². The SMILES string of the molecule is CSc1cccc(NC(=O)C(C)Sc2ccccc2)c1. The molecule has 0 aromatic heterocycles. The summed E-state index contributed by atoms with van der Waals surface area (Å²) >= 11 is 3.23. The quantitative estimate of drug-likeness (QED) is 0.823. The van der Waals surface area contributed by atoms with E-state index in [1.807, 2.05) is 67.8 Å². The van der Waals surface area contributed by atoms with Crippen LogP contribution in [0.5, 0.6) is 0 Å². The molecule has 0 aliphatic carbocycles. The van der Waals surface area contributed by atoms with E-state index in [-0.39, 0.29) is 11.2 Å². The molecule has 0 fully saturated rings. The lowest BCUT2D eigenvalue weighted by atomic mass is 10.3. The van der Waals surface area contributed by atoms with Crippen LogP contribution in [0.15, 0.2) is 64.4 Å². The van der Waals surface area contributed by atoms with Gasteiger partial charge in [-0.3, -0.25) is 4.79 Å². The number of anilines is 1. The van der Waals surface area contributed by atoms with Crippen LogP contribution < -0.4 is 5.32 Å². The molecule has 1 atom stereocenters. The van der Waals surface area contributed by atoms with Gasteiger partial charge in [0.05, 0.1) is 5.25 Å². The first-order valence-corrected chi connectivity index (χ1v) is 8.46. The van der Waals surface area contributed by atoms with Crippen LogP contribution in [0.3, 0.4) is 0 Å². The largest absolute Gasteiger partial charge is 0.325 e. The zero-order valence-corrected chi connectivity index (χ0v) is 13.1. The van der Waals surface area contributed by atoms with Crippen molar-refractivity contribution in [3.63, 3.8) is 0 Å². The van der Waals surface area contributed by atoms with Crippen LogP contribution in [0.2, 0.25) is 0 Å². The van der Waals surface area contributed by atoms with E-state index in [0.717, 1.165) is 15.5 Å². The van der Waals surface area contributed by atoms with Gasteiger partial charge in [0.25, 0.3) is 0 Å². The molecule has 0 aliphatic rings. The van der Waals surface area contributed by atoms with E-state index in [9.17, 15) is 4.79 Å². The fourth-order valence-electron chi connectivity index (χ4n) is 1.70. The maximum Gasteiger partial charge on any atom is 0.237 e. The van der Waals surface area contributed by atoms with Gasteiger partial charge in [-0.15, -0.1) is 23.5 Å². The summed E-state index contributed by atoms with van der Waals surface area (Å²) in [7, 11) is 0. The van der Waals surface area contributed by atoms with Crippen molar-refractivity contribution in [3.8, 4) is 0 Å². The molecule has 20 heavy (non-hydrogen) atoms. The maximum absolute atomic E-state index is 12.2. The lowest BCUT2D eigenvalue weighted by Crippen LogP contribution is -2.22. The topological polar surface area (TPSA) is 29.1 Å². The molecule has 2 nitrogen and oxygen atoms in total. The third-order valence-corrected chi connectivity index (χ3v) is 4.60. The summed E-state index contributed by atoms with van der Waals surface area (Å²) in [4.78, 5) is 14.4. The predicted molar refractivity (Wildman–Crippen MR) is 88.6 cm³/mol. The van der Waals surface area contributed by atoms with Gasteiger partial charge in [-0.05, 0) is 43.5 Å². The van der Waals surface area contributed by atoms with Crippen molar-refractivity contribution in [1.29, 1.82) is 0 Å². The summed E-state index contributed by atoms with van der Waals surface area (Å²) in [5.41, 5.74) is 0.849. The Morgan fingerprint density at radius 3 is 2.45 bits per heavy atom. The van der Waals surface area contributed by atoms with E-state index in [1.54, 1.807) is 23.5 Å². The van der Waals surface area contributed by atoms with Crippen LogP contribution in [-0.2, 0) is 4.79 Å². The van der Waals surface area contributed by atoms with Gasteiger partial charge in [0, 0.05) is 15.5 Å². The Morgan fingerprint density at radius 2 is 1.75 bits per heavy atom. The average molecular weight is 303 g/mol. The minimum absolute atomic E-state index is 0.0251. The van der Waals surface area contributed by atoms with Crippen LogP contribution >= 0.6 is 23.5 Å². The highest BCUT2D eigenvalue weighted by Gasteiger charge is 2.14. The Bertz CT molecular complexity index is 572. The molecule has 1 amide bonds. The zero-order valence-electron chi connectivity index (χ0n) is 11.5. The highest BCUT2D eigenvalue weighted by atomic mass is 32.2. The van der Waals surface area contributed by atoms with Crippen molar-refractivity contribution in [2.45, 2.75) is 22.0 Å². The third-order valence-electron chi connectivity index (χ3n) is 2.76. The maximum atomic E-state index is 12.2. The molecule has 2 rings (SSSR count). The molecule has 104 valence electrons. The van der Waals surface area contributed by atoms with Gasteiger partial charge in [0.2, 0.25) is 5.91 Å². The second kappa shape index (κ2) is 7.41. The van der Waals surface area contributed by atoms with Crippen molar-refractivity contribution in [2.24, 2.45) is 0 Å². The summed E-state index contributed by atoms with van der Waals surface area (Å²) in [6.45, 7) is 1.92. The summed E-state index contributed by atoms with van der Waals surface area (Å²) < 4.78 is 0. The standard InChI is InChI=1S/C16H17NOS2/c1-12(20-14-8-4-3-5-9-14)16(18)17-13-7-6-10-15(11-13)19-2/h3-12H,1-2H3,(H,17,18). The number of hydrogen-bond acceptors (Lipinski definition) is 3. The normalized spacial score (nSPS) is 11.9. The first-order chi connectivity index (χ1) is 9.69. The smallest absolute Gasteiger partial charge is 0.237 e. The molecule has 1 N–H and O–H groups in total. The molecule has 2 aromatic rings. The highest BCUT2D eigenvalue weighted by Crippen LogP contribution is 2.24. The van der Waals surface area contributed by atoms with E-state index >= 15 is 0 Å². The fourth-order valence-corrected chi connectivity index (χ4v) is 3.05. The van der Waals surface area contributed by atoms with E-state index in [0.29, 0.717) is 0 Å². The number of rotatable bonds is 5. The monoisotopic (exact) mass is 303 g/mol. The molecule has 0 radical (unpaired) electrons. The molecule has 1 unspecified atom stereocenters. The van der Waals surface area contributed by atoms with Crippen LogP contribution in [-0.4, -0.2) is 17.4 Å². The number of hydrogen-bond donors (Lipinski definition) is 1. The lowest BCUT2D eigenvalue weighted by Gasteiger charge is -2.12. The fraction of sp³-hybridized carbons (Fsp3) is 0.188. The van der Waals surface area contributed by atoms with Crippen LogP contribution in [0.1, 0.15) is 6.92 Å². The molecule has 0 aliphatic heterocycles. The Balaban J connectivity index is 1.97. The van der Waals surface area contributed by atoms with E-state index in [2.05, 4.69) is 5.32 Å². The van der Waals surface area contributed by atoms with E-state index in [4.69, 9.17) is 0 Å². The first kappa shape index (κ1) is 15.0. The second-order valence-electron chi connectivity index (χ2n) is 4.29. The van der Waals surface area contributed by atoms with Gasteiger partial charge in [0.15, 0.2) is 0 Å². The Kier molecular flexibility index (Phi) is 5.56. The summed E-state index contributed by atoms with van der Waals surface area (Å²) in [6.07, 6.45) is 2.02. The van der Waals surface area contributed by atoms with E-state index in [1.165, 1.54) is 0 Å². The molecule has 0 spiro atoms. The van der Waals surface area contributed by atoms with Crippen molar-refractivity contribution >= 4 is 35.1 Å². The summed E-state index contributed by atoms with van der Waals surface area (Å²) in [5, 5.41) is 2.83. The number of nitrogens with one attached hydrogen (secondary N) is 1. The van der Waals surface area contributed by atoms with Gasteiger partial charge < -0.3 is 5.32 Å². The van der Waals surface area contributed by atoms with E-state index < -0.39 is 0 Å². The molecule has 0 bridgehead atoms. The number of amides is 1. The molecule has 4 heteroatoms. The van der Waals surface area contributed by atoms with Crippen molar-refractivity contribution in [1.82, 2.24) is 0 Å². The first-order valence-electron chi connectivity index (χ1n) is 6.35. The van der Waals surface area contributed by atoms with Crippen LogP contribution in [0.25, 0.3) is 0 Å². The number of carbonyl (C=O) groups is 1. The second-order valence-corrected chi connectivity index (χ2v) is 6.59. The van der Waals surface area contributed by atoms with Gasteiger partial charge >= 0.3 is 0 Å². The Morgan fingerprint density at radius 1 is 1.05 bits per heavy atom. The van der Waals surface area contributed by atoms with Crippen molar-refractivity contribution in [3.05, 3.63) is 54.6 Å². The number of carbonyl (C=O) groups excluding carboxylic acids is 1. The molecule has 0 heterocycles. The predicted octanol–water partition coefficient (Wildman–Crippen LogP) is 4.53. The number of benzene rings is 2. The van der Waals surface area contributed by atoms with Crippen molar-refractivity contribution in [2.75, 3.05) is 11.6 Å². The summed E-state index contributed by atoms with van der Waals surface area (Å²) in [5.74, 6) is 0.0251. The van der Waals surface area contributed by atoms with Crippen LogP contribution in [0, 0.1) is 0 Å². The van der Waals surface area contributed by atoms with Gasteiger partial charge in [-0.25, -0.2) is 0 Å². The minimum atomic E-state index is -0.129. The average Bonchev–Trinajstić information content (AvgIpc) is 2.48. The zero-order chi connectivity index (χ0) is 14.4. The third kappa shape index (κ3) is 4.32. The lowest BCUT2D eigenvalue weighted by molar-refractivity contribution is -0.115. The van der Waals surface area contributed by atoms with Gasteiger partial charge in [-0.1, -0.05) is 24.3 Å². The minimum Gasteiger partial charge on any atom is -0.325 e. The number of thioether (sulfide) groups is 2. The molecular formula is C16H17NOS2. The molecule has 0 saturated carbocycles. The highest BCUT2D eigenvalue weighted by molar-refractivity contribution is 8.00. The Labute approximate surface area is 128 Å². The summed E-state index contributed by atoms with van der Waals surface area (Å²) in [6, 6.07) is 17.9. The molecule has 2 aromatic carbocycles. The van der Waals surface area contributed by atoms with Crippen LogP contribution in [0.4, 0.5) is 5.69 Å². The van der Waals surface area contributed by atoms with Crippen molar-refractivity contribution < 1.29 is 4.79 Å². The Hall–Kier alpha value is -1.39. The molecular weight excluding hydrogens is 286 g/mol.